The molecule has 0 spiro atoms. The number of nitrogens with one attached hydrogen (secondary N) is 1. The molecule has 2 atom stereocenters. The van der Waals surface area contributed by atoms with Crippen molar-refractivity contribution in [3.63, 3.8) is 0 Å². The molecule has 110 valence electrons. The van der Waals surface area contributed by atoms with Crippen molar-refractivity contribution in [2.75, 3.05) is 6.54 Å². The van der Waals surface area contributed by atoms with Crippen LogP contribution in [0.15, 0.2) is 30.5 Å². The van der Waals surface area contributed by atoms with Crippen LogP contribution >= 0.6 is 0 Å². The number of likely N-dealkylation sites (tertiary alicyclic amines) is 1. The molecule has 1 amide bonds. The molecule has 1 aromatic carbocycles. The van der Waals surface area contributed by atoms with Gasteiger partial charge in [-0.25, -0.2) is 0 Å². The monoisotopic (exact) mass is 286 g/mol. The van der Waals surface area contributed by atoms with E-state index in [2.05, 4.69) is 4.98 Å². The molecule has 0 radical (unpaired) electrons. The molecular weight excluding hydrogens is 268 g/mol. The summed E-state index contributed by atoms with van der Waals surface area (Å²) < 4.78 is 0. The van der Waals surface area contributed by atoms with Crippen LogP contribution < -0.4 is 0 Å². The quantitative estimate of drug-likeness (QED) is 0.848. The van der Waals surface area contributed by atoms with E-state index in [-0.39, 0.29) is 18.4 Å². The number of nitrogens with zero attached hydrogens (tertiary/aromatic N) is 1. The second kappa shape index (κ2) is 5.60. The number of hydrogen-bond donors (Lipinski definition) is 2. The molecule has 2 heterocycles. The number of aromatic amines is 1. The van der Waals surface area contributed by atoms with Crippen LogP contribution in [0.1, 0.15) is 30.9 Å². The summed E-state index contributed by atoms with van der Waals surface area (Å²) in [5, 5.41) is 10.1. The number of amides is 1. The summed E-state index contributed by atoms with van der Waals surface area (Å²) >= 11 is 0. The van der Waals surface area contributed by atoms with Crippen LogP contribution in [-0.2, 0) is 9.59 Å². The summed E-state index contributed by atoms with van der Waals surface area (Å²) in [7, 11) is 0. The van der Waals surface area contributed by atoms with Crippen LogP contribution in [0.25, 0.3) is 10.9 Å². The minimum atomic E-state index is -0.766. The fraction of sp³-hybridized carbons (Fsp3) is 0.375. The van der Waals surface area contributed by atoms with Gasteiger partial charge >= 0.3 is 5.97 Å². The van der Waals surface area contributed by atoms with Crippen molar-refractivity contribution in [3.05, 3.63) is 36.0 Å². The Hall–Kier alpha value is -2.30. The van der Waals surface area contributed by atoms with E-state index >= 15 is 0 Å². The molecule has 0 aliphatic carbocycles. The van der Waals surface area contributed by atoms with Gasteiger partial charge < -0.3 is 15.0 Å². The van der Waals surface area contributed by atoms with E-state index in [1.165, 1.54) is 0 Å². The van der Waals surface area contributed by atoms with E-state index in [1.807, 2.05) is 30.5 Å². The second-order valence-electron chi connectivity index (χ2n) is 5.64. The van der Waals surface area contributed by atoms with Crippen LogP contribution in [-0.4, -0.2) is 33.9 Å². The summed E-state index contributed by atoms with van der Waals surface area (Å²) in [5.74, 6) is -0.644. The molecule has 1 aliphatic heterocycles. The zero-order chi connectivity index (χ0) is 14.8. The van der Waals surface area contributed by atoms with Crippen molar-refractivity contribution in [1.29, 1.82) is 0 Å². The highest BCUT2D eigenvalue weighted by Crippen LogP contribution is 2.37. The SMILES string of the molecule is O=CN1CC[C@@H](CC(=O)O)C[C@@H]1c1c[nH]c2ccccc12. The van der Waals surface area contributed by atoms with Crippen molar-refractivity contribution in [2.24, 2.45) is 5.92 Å². The Kier molecular flexibility index (Phi) is 3.64. The van der Waals surface area contributed by atoms with Gasteiger partial charge in [0.2, 0.25) is 6.41 Å². The normalized spacial score (nSPS) is 22.4. The number of aliphatic carboxylic acids is 1. The maximum absolute atomic E-state index is 11.3. The third kappa shape index (κ3) is 2.63. The first-order chi connectivity index (χ1) is 10.2. The Morgan fingerprint density at radius 2 is 2.24 bits per heavy atom. The second-order valence-corrected chi connectivity index (χ2v) is 5.64. The van der Waals surface area contributed by atoms with Crippen LogP contribution in [0.5, 0.6) is 0 Å². The van der Waals surface area contributed by atoms with Gasteiger partial charge in [-0.2, -0.15) is 0 Å². The van der Waals surface area contributed by atoms with Gasteiger partial charge in [-0.3, -0.25) is 9.59 Å². The minimum absolute atomic E-state index is 0.0447. The van der Waals surface area contributed by atoms with Gasteiger partial charge in [0.15, 0.2) is 0 Å². The third-order valence-corrected chi connectivity index (χ3v) is 4.33. The Labute approximate surface area is 122 Å². The predicted octanol–water partition coefficient (Wildman–Crippen LogP) is 2.55. The topological polar surface area (TPSA) is 73.4 Å². The Balaban J connectivity index is 1.92. The summed E-state index contributed by atoms with van der Waals surface area (Å²) in [6.07, 6.45) is 4.45. The number of piperidine rings is 1. The molecule has 5 nitrogen and oxygen atoms in total. The van der Waals surface area contributed by atoms with E-state index in [1.54, 1.807) is 4.90 Å². The van der Waals surface area contributed by atoms with Gasteiger partial charge in [0.1, 0.15) is 0 Å². The van der Waals surface area contributed by atoms with Crippen molar-refractivity contribution < 1.29 is 14.7 Å². The molecule has 2 N–H and O–H groups in total. The Morgan fingerprint density at radius 1 is 1.43 bits per heavy atom. The highest BCUT2D eigenvalue weighted by atomic mass is 16.4. The molecule has 0 saturated carbocycles. The van der Waals surface area contributed by atoms with Gasteiger partial charge in [0, 0.05) is 30.1 Å². The molecule has 1 aliphatic rings. The van der Waals surface area contributed by atoms with Crippen LogP contribution in [0.2, 0.25) is 0 Å². The lowest BCUT2D eigenvalue weighted by molar-refractivity contribution is -0.138. The van der Waals surface area contributed by atoms with E-state index in [4.69, 9.17) is 5.11 Å². The number of hydrogen-bond acceptors (Lipinski definition) is 2. The molecule has 1 saturated heterocycles. The van der Waals surface area contributed by atoms with E-state index in [0.29, 0.717) is 13.0 Å². The van der Waals surface area contributed by atoms with Crippen molar-refractivity contribution in [2.45, 2.75) is 25.3 Å². The zero-order valence-corrected chi connectivity index (χ0v) is 11.7. The summed E-state index contributed by atoms with van der Waals surface area (Å²) in [5.41, 5.74) is 2.12. The lowest BCUT2D eigenvalue weighted by Crippen LogP contribution is -2.36. The lowest BCUT2D eigenvalue weighted by Gasteiger charge is -2.36. The summed E-state index contributed by atoms with van der Waals surface area (Å²) in [4.78, 5) is 27.3. The van der Waals surface area contributed by atoms with E-state index < -0.39 is 5.97 Å². The van der Waals surface area contributed by atoms with Crippen molar-refractivity contribution in [1.82, 2.24) is 9.88 Å². The third-order valence-electron chi connectivity index (χ3n) is 4.33. The molecule has 3 rings (SSSR count). The fourth-order valence-electron chi connectivity index (χ4n) is 3.29. The van der Waals surface area contributed by atoms with Crippen molar-refractivity contribution >= 4 is 23.3 Å². The average Bonchev–Trinajstić information content (AvgIpc) is 2.90. The number of carbonyl (C=O) groups excluding carboxylic acids is 1. The Morgan fingerprint density at radius 3 is 3.00 bits per heavy atom. The molecule has 1 fully saturated rings. The maximum Gasteiger partial charge on any atom is 0.303 e. The molecule has 5 heteroatoms. The first-order valence-electron chi connectivity index (χ1n) is 7.18. The molecule has 1 aromatic heterocycles. The van der Waals surface area contributed by atoms with Crippen LogP contribution in [0.3, 0.4) is 0 Å². The van der Waals surface area contributed by atoms with Crippen molar-refractivity contribution in [3.8, 4) is 0 Å². The largest absolute Gasteiger partial charge is 0.481 e. The van der Waals surface area contributed by atoms with Gasteiger partial charge in [-0.05, 0) is 30.4 Å². The standard InChI is InChI=1S/C16H18N2O3/c19-10-18-6-5-11(8-16(20)21)7-15(18)13-9-17-14-4-2-1-3-12(13)14/h1-4,9-11,15,17H,5-8H2,(H,20,21)/t11-,15-/m1/s1. The molecule has 0 bridgehead atoms. The molecule has 2 aromatic rings. The number of benzene rings is 1. The predicted molar refractivity (Wildman–Crippen MR) is 78.8 cm³/mol. The summed E-state index contributed by atoms with van der Waals surface area (Å²) in [6.45, 7) is 0.617. The Bertz CT molecular complexity index is 664. The number of carboxylic acids is 1. The number of carbonyl (C=O) groups is 2. The van der Waals surface area contributed by atoms with Crippen LogP contribution in [0, 0.1) is 5.92 Å². The number of fused-ring (bicyclic) bond motifs is 1. The van der Waals surface area contributed by atoms with E-state index in [0.717, 1.165) is 29.3 Å². The van der Waals surface area contributed by atoms with Gasteiger partial charge in [-0.1, -0.05) is 18.2 Å². The van der Waals surface area contributed by atoms with Gasteiger partial charge in [0.05, 0.1) is 6.04 Å². The summed E-state index contributed by atoms with van der Waals surface area (Å²) in [6, 6.07) is 7.93. The number of H-pyrrole nitrogens is 1. The first-order valence-corrected chi connectivity index (χ1v) is 7.18. The highest BCUT2D eigenvalue weighted by Gasteiger charge is 2.31. The average molecular weight is 286 g/mol. The molecule has 0 unspecified atom stereocenters. The lowest BCUT2D eigenvalue weighted by atomic mass is 9.85. The molecular formula is C16H18N2O3. The smallest absolute Gasteiger partial charge is 0.303 e. The number of carboxylic acid groups (broad SMARTS) is 1. The number of aromatic nitrogens is 1. The number of para-hydroxylation sites is 1. The number of rotatable bonds is 4. The zero-order valence-electron chi connectivity index (χ0n) is 11.7. The highest BCUT2D eigenvalue weighted by molar-refractivity contribution is 5.83. The minimum Gasteiger partial charge on any atom is -0.481 e. The van der Waals surface area contributed by atoms with E-state index in [9.17, 15) is 9.59 Å². The van der Waals surface area contributed by atoms with Gasteiger partial charge in [-0.15, -0.1) is 0 Å². The maximum atomic E-state index is 11.3. The van der Waals surface area contributed by atoms with Gasteiger partial charge in [0.25, 0.3) is 0 Å². The fourth-order valence-corrected chi connectivity index (χ4v) is 3.29. The first kappa shape index (κ1) is 13.7. The molecule has 21 heavy (non-hydrogen) atoms. The van der Waals surface area contributed by atoms with Crippen LogP contribution in [0.4, 0.5) is 0 Å².